The fraction of sp³-hybridized carbons (Fsp3) is 0.625. The Balaban J connectivity index is 0.00000338. The van der Waals surface area contributed by atoms with Gasteiger partial charge in [-0.05, 0) is 50.0 Å². The number of nitrogens with one attached hydrogen (secondary N) is 1. The molecule has 1 aromatic rings. The highest BCUT2D eigenvalue weighted by Crippen LogP contribution is 2.25. The maximum atomic E-state index is 12.9. The van der Waals surface area contributed by atoms with Gasteiger partial charge in [0, 0.05) is 27.2 Å². The third kappa shape index (κ3) is 5.17. The summed E-state index contributed by atoms with van der Waals surface area (Å²) in [5.41, 5.74) is 0. The molecule has 1 aliphatic rings. The van der Waals surface area contributed by atoms with Gasteiger partial charge in [-0.25, -0.2) is 21.1 Å². The summed E-state index contributed by atoms with van der Waals surface area (Å²) in [4.78, 5) is 0.0150. The molecule has 150 valence electrons. The van der Waals surface area contributed by atoms with Gasteiger partial charge in [0.15, 0.2) is 0 Å². The molecule has 0 saturated carbocycles. The molecule has 0 unspecified atom stereocenters. The quantitative estimate of drug-likeness (QED) is 0.712. The second-order valence-corrected chi connectivity index (χ2v) is 10.5. The molecule has 1 saturated heterocycles. The van der Waals surface area contributed by atoms with E-state index in [9.17, 15) is 16.8 Å². The lowest BCUT2D eigenvalue weighted by atomic mass is 9.98. The second-order valence-electron chi connectivity index (χ2n) is 6.42. The minimum absolute atomic E-state index is 0. The number of piperidine rings is 1. The van der Waals surface area contributed by atoms with Crippen molar-refractivity contribution in [3.05, 3.63) is 24.3 Å². The van der Waals surface area contributed by atoms with E-state index >= 15 is 0 Å². The van der Waals surface area contributed by atoms with Crippen LogP contribution >= 0.6 is 12.4 Å². The van der Waals surface area contributed by atoms with Crippen LogP contribution in [0.25, 0.3) is 0 Å². The Kier molecular flexibility index (Phi) is 8.50. The first-order valence-electron chi connectivity index (χ1n) is 8.43. The summed E-state index contributed by atoms with van der Waals surface area (Å²) in [5, 5.41) is 3.30. The molecule has 0 aromatic heterocycles. The summed E-state index contributed by atoms with van der Waals surface area (Å²) in [6.45, 7) is 4.78. The monoisotopic (exact) mass is 425 g/mol. The SMILES string of the molecule is CCNCC1CCN(S(=O)(=O)c2cccc(S(=O)(=O)N(C)C)c2)CC1.Cl. The van der Waals surface area contributed by atoms with Crippen LogP contribution < -0.4 is 5.32 Å². The standard InChI is InChI=1S/C16H27N3O4S2.ClH/c1-4-17-13-14-8-10-19(11-9-14)25(22,23)16-7-5-6-15(12-16)24(20,21)18(2)3;/h5-7,12,14,17H,4,8-11,13H2,1-3H3;1H. The van der Waals surface area contributed by atoms with Crippen molar-refractivity contribution in [2.75, 3.05) is 40.3 Å². The van der Waals surface area contributed by atoms with Crippen LogP contribution in [0.3, 0.4) is 0 Å². The fourth-order valence-electron chi connectivity index (χ4n) is 2.86. The third-order valence-corrected chi connectivity index (χ3v) is 8.18. The molecule has 0 amide bonds. The molecule has 1 aromatic carbocycles. The van der Waals surface area contributed by atoms with Crippen LogP contribution in [0.15, 0.2) is 34.1 Å². The predicted octanol–water partition coefficient (Wildman–Crippen LogP) is 1.37. The van der Waals surface area contributed by atoms with E-state index in [0.29, 0.717) is 19.0 Å². The van der Waals surface area contributed by atoms with E-state index in [-0.39, 0.29) is 22.2 Å². The number of rotatable bonds is 7. The summed E-state index contributed by atoms with van der Waals surface area (Å²) in [7, 11) is -4.51. The van der Waals surface area contributed by atoms with Crippen molar-refractivity contribution >= 4 is 32.5 Å². The van der Waals surface area contributed by atoms with Crippen molar-refractivity contribution in [2.24, 2.45) is 5.92 Å². The molecule has 0 aliphatic carbocycles. The third-order valence-electron chi connectivity index (χ3n) is 4.48. The van der Waals surface area contributed by atoms with Crippen molar-refractivity contribution in [1.29, 1.82) is 0 Å². The first-order chi connectivity index (χ1) is 11.7. The molecular formula is C16H28ClN3O4S2. The summed E-state index contributed by atoms with van der Waals surface area (Å²) in [6.07, 6.45) is 1.61. The molecule has 10 heteroatoms. The van der Waals surface area contributed by atoms with E-state index in [1.807, 2.05) is 6.92 Å². The first-order valence-corrected chi connectivity index (χ1v) is 11.3. The van der Waals surface area contributed by atoms with Crippen LogP contribution in [0.1, 0.15) is 19.8 Å². The number of hydrogen-bond donors (Lipinski definition) is 1. The van der Waals surface area contributed by atoms with Crippen LogP contribution in [0.2, 0.25) is 0 Å². The normalized spacial score (nSPS) is 17.2. The highest BCUT2D eigenvalue weighted by atomic mass is 35.5. The Morgan fingerprint density at radius 1 is 1.12 bits per heavy atom. The highest BCUT2D eigenvalue weighted by Gasteiger charge is 2.30. The van der Waals surface area contributed by atoms with E-state index in [0.717, 1.165) is 30.2 Å². The zero-order valence-electron chi connectivity index (χ0n) is 15.4. The summed E-state index contributed by atoms with van der Waals surface area (Å²) in [6, 6.07) is 5.59. The largest absolute Gasteiger partial charge is 0.317 e. The maximum Gasteiger partial charge on any atom is 0.243 e. The second kappa shape index (κ2) is 9.48. The average Bonchev–Trinajstić information content (AvgIpc) is 2.60. The van der Waals surface area contributed by atoms with Gasteiger partial charge in [-0.2, -0.15) is 4.31 Å². The zero-order chi connectivity index (χ0) is 18.7. The lowest BCUT2D eigenvalue weighted by molar-refractivity contribution is 0.268. The highest BCUT2D eigenvalue weighted by molar-refractivity contribution is 7.90. The lowest BCUT2D eigenvalue weighted by Crippen LogP contribution is -2.40. The lowest BCUT2D eigenvalue weighted by Gasteiger charge is -2.31. The number of nitrogens with zero attached hydrogens (tertiary/aromatic N) is 2. The van der Waals surface area contributed by atoms with Crippen molar-refractivity contribution in [3.63, 3.8) is 0 Å². The Bertz CT molecular complexity index is 789. The van der Waals surface area contributed by atoms with Crippen molar-refractivity contribution in [1.82, 2.24) is 13.9 Å². The van der Waals surface area contributed by atoms with Crippen LogP contribution in [0.5, 0.6) is 0 Å². The minimum Gasteiger partial charge on any atom is -0.317 e. The molecule has 0 bridgehead atoms. The van der Waals surface area contributed by atoms with Gasteiger partial charge in [-0.1, -0.05) is 13.0 Å². The Hall–Kier alpha value is -0.710. The Morgan fingerprint density at radius 3 is 2.23 bits per heavy atom. The molecule has 26 heavy (non-hydrogen) atoms. The smallest absolute Gasteiger partial charge is 0.243 e. The molecular weight excluding hydrogens is 398 g/mol. The van der Waals surface area contributed by atoms with Crippen molar-refractivity contribution in [3.8, 4) is 0 Å². The molecule has 0 spiro atoms. The number of benzene rings is 1. The van der Waals surface area contributed by atoms with Gasteiger partial charge in [-0.3, -0.25) is 0 Å². The Labute approximate surface area is 163 Å². The van der Waals surface area contributed by atoms with Gasteiger partial charge in [0.05, 0.1) is 9.79 Å². The van der Waals surface area contributed by atoms with Gasteiger partial charge in [0.1, 0.15) is 0 Å². The number of halogens is 1. The van der Waals surface area contributed by atoms with Gasteiger partial charge >= 0.3 is 0 Å². The van der Waals surface area contributed by atoms with Crippen LogP contribution in [-0.2, 0) is 20.0 Å². The van der Waals surface area contributed by atoms with Crippen LogP contribution in [0.4, 0.5) is 0 Å². The van der Waals surface area contributed by atoms with Gasteiger partial charge in [-0.15, -0.1) is 12.4 Å². The molecule has 1 heterocycles. The van der Waals surface area contributed by atoms with E-state index in [4.69, 9.17) is 0 Å². The predicted molar refractivity (Wildman–Crippen MR) is 105 cm³/mol. The zero-order valence-corrected chi connectivity index (χ0v) is 17.8. The van der Waals surface area contributed by atoms with E-state index in [1.165, 1.54) is 42.7 Å². The maximum absolute atomic E-state index is 12.9. The molecule has 1 N–H and O–H groups in total. The van der Waals surface area contributed by atoms with E-state index < -0.39 is 20.0 Å². The molecule has 0 radical (unpaired) electrons. The molecule has 1 aliphatic heterocycles. The summed E-state index contributed by atoms with van der Waals surface area (Å²) >= 11 is 0. The average molecular weight is 426 g/mol. The number of sulfonamides is 2. The molecule has 0 atom stereocenters. The van der Waals surface area contributed by atoms with Gasteiger partial charge < -0.3 is 5.32 Å². The van der Waals surface area contributed by atoms with E-state index in [2.05, 4.69) is 5.32 Å². The molecule has 2 rings (SSSR count). The topological polar surface area (TPSA) is 86.8 Å². The fourth-order valence-corrected chi connectivity index (χ4v) is 5.40. The van der Waals surface area contributed by atoms with E-state index in [1.54, 1.807) is 0 Å². The summed E-state index contributed by atoms with van der Waals surface area (Å²) in [5.74, 6) is 0.479. The number of hydrogen-bond acceptors (Lipinski definition) is 5. The summed E-state index contributed by atoms with van der Waals surface area (Å²) < 4.78 is 52.7. The molecule has 1 fully saturated rings. The van der Waals surface area contributed by atoms with Gasteiger partial charge in [0.25, 0.3) is 0 Å². The van der Waals surface area contributed by atoms with Crippen molar-refractivity contribution < 1.29 is 16.8 Å². The molecule has 7 nitrogen and oxygen atoms in total. The first kappa shape index (κ1) is 23.3. The van der Waals surface area contributed by atoms with Crippen LogP contribution in [-0.4, -0.2) is 65.7 Å². The Morgan fingerprint density at radius 2 is 1.69 bits per heavy atom. The van der Waals surface area contributed by atoms with Crippen molar-refractivity contribution in [2.45, 2.75) is 29.6 Å². The minimum atomic E-state index is -3.68. The van der Waals surface area contributed by atoms with Crippen LogP contribution in [0, 0.1) is 5.92 Å². The van der Waals surface area contributed by atoms with Gasteiger partial charge in [0.2, 0.25) is 20.0 Å².